The molecule has 3 rings (SSSR count). The molecule has 1 saturated heterocycles. The Labute approximate surface area is 136 Å². The number of hydrogen-bond donors (Lipinski definition) is 1. The summed E-state index contributed by atoms with van der Waals surface area (Å²) in [6.45, 7) is 4.75. The lowest BCUT2D eigenvalue weighted by Crippen LogP contribution is -2.39. The zero-order chi connectivity index (χ0) is 15.9. The van der Waals surface area contributed by atoms with E-state index in [0.29, 0.717) is 13.1 Å². The largest absolute Gasteiger partial charge is 0.467 e. The minimum atomic E-state index is 0.0505. The molecule has 0 bridgehead atoms. The van der Waals surface area contributed by atoms with Crippen molar-refractivity contribution in [1.29, 1.82) is 0 Å². The van der Waals surface area contributed by atoms with Crippen LogP contribution in [0.3, 0.4) is 0 Å². The Morgan fingerprint density at radius 1 is 1.04 bits per heavy atom. The summed E-state index contributed by atoms with van der Waals surface area (Å²) >= 11 is 0. The van der Waals surface area contributed by atoms with Gasteiger partial charge in [0, 0.05) is 31.9 Å². The summed E-state index contributed by atoms with van der Waals surface area (Å²) in [5.41, 5.74) is 1.26. The zero-order valence-electron chi connectivity index (χ0n) is 13.3. The first-order valence-corrected chi connectivity index (χ1v) is 8.13. The summed E-state index contributed by atoms with van der Waals surface area (Å²) in [5, 5.41) is 2.91. The zero-order valence-corrected chi connectivity index (χ0v) is 13.3. The van der Waals surface area contributed by atoms with Gasteiger partial charge in [-0.3, -0.25) is 9.69 Å². The summed E-state index contributed by atoms with van der Waals surface area (Å²) in [7, 11) is 0. The second kappa shape index (κ2) is 7.83. The Morgan fingerprint density at radius 3 is 2.70 bits per heavy atom. The lowest BCUT2D eigenvalue weighted by Gasteiger charge is -2.23. The van der Waals surface area contributed by atoms with E-state index in [1.165, 1.54) is 5.69 Å². The molecule has 0 radical (unpaired) electrons. The summed E-state index contributed by atoms with van der Waals surface area (Å²) in [6, 6.07) is 14.2. The normalized spacial score (nSPS) is 16.1. The molecule has 5 nitrogen and oxygen atoms in total. The monoisotopic (exact) mass is 313 g/mol. The van der Waals surface area contributed by atoms with Crippen LogP contribution in [0.1, 0.15) is 12.2 Å². The third kappa shape index (κ3) is 4.60. The maximum Gasteiger partial charge on any atom is 0.234 e. The van der Waals surface area contributed by atoms with E-state index in [9.17, 15) is 4.79 Å². The first-order chi connectivity index (χ1) is 11.3. The number of anilines is 1. The number of rotatable bonds is 5. The molecule has 2 heterocycles. The predicted molar refractivity (Wildman–Crippen MR) is 90.3 cm³/mol. The van der Waals surface area contributed by atoms with Gasteiger partial charge < -0.3 is 14.6 Å². The molecule has 1 N–H and O–H groups in total. The van der Waals surface area contributed by atoms with E-state index >= 15 is 0 Å². The third-order valence-corrected chi connectivity index (χ3v) is 4.12. The Balaban J connectivity index is 1.45. The van der Waals surface area contributed by atoms with Crippen molar-refractivity contribution in [2.75, 3.05) is 37.6 Å². The highest BCUT2D eigenvalue weighted by atomic mass is 16.3. The molecular weight excluding hydrogens is 290 g/mol. The van der Waals surface area contributed by atoms with Gasteiger partial charge in [0.2, 0.25) is 5.91 Å². The van der Waals surface area contributed by atoms with Crippen molar-refractivity contribution in [3.8, 4) is 0 Å². The Kier molecular flexibility index (Phi) is 5.32. The van der Waals surface area contributed by atoms with Gasteiger partial charge in [0.15, 0.2) is 0 Å². The quantitative estimate of drug-likeness (QED) is 0.918. The lowest BCUT2D eigenvalue weighted by atomic mass is 10.3. The van der Waals surface area contributed by atoms with Gasteiger partial charge >= 0.3 is 0 Å². The van der Waals surface area contributed by atoms with Crippen LogP contribution in [0.2, 0.25) is 0 Å². The number of benzene rings is 1. The van der Waals surface area contributed by atoms with Crippen molar-refractivity contribution in [3.05, 3.63) is 54.5 Å². The van der Waals surface area contributed by atoms with Gasteiger partial charge in [0.05, 0.1) is 19.4 Å². The van der Waals surface area contributed by atoms with Crippen LogP contribution in [0, 0.1) is 0 Å². The summed E-state index contributed by atoms with van der Waals surface area (Å²) < 4.78 is 5.22. The number of carbonyl (C=O) groups excluding carboxylic acids is 1. The van der Waals surface area contributed by atoms with E-state index in [-0.39, 0.29) is 5.91 Å². The lowest BCUT2D eigenvalue weighted by molar-refractivity contribution is -0.122. The van der Waals surface area contributed by atoms with Gasteiger partial charge in [0.1, 0.15) is 5.76 Å². The van der Waals surface area contributed by atoms with Crippen LogP contribution in [0.15, 0.2) is 53.1 Å². The van der Waals surface area contributed by atoms with Gasteiger partial charge in [-0.15, -0.1) is 0 Å². The van der Waals surface area contributed by atoms with Gasteiger partial charge in [-0.05, 0) is 30.7 Å². The number of nitrogens with one attached hydrogen (secondary N) is 1. The highest BCUT2D eigenvalue weighted by Crippen LogP contribution is 2.15. The number of furan rings is 1. The molecule has 1 aliphatic rings. The van der Waals surface area contributed by atoms with Crippen LogP contribution >= 0.6 is 0 Å². The van der Waals surface area contributed by atoms with Crippen LogP contribution in [-0.2, 0) is 11.3 Å². The van der Waals surface area contributed by atoms with E-state index in [1.807, 2.05) is 18.2 Å². The molecule has 23 heavy (non-hydrogen) atoms. The summed E-state index contributed by atoms with van der Waals surface area (Å²) in [4.78, 5) is 16.7. The molecule has 1 aromatic heterocycles. The molecule has 2 aromatic rings. The van der Waals surface area contributed by atoms with E-state index in [1.54, 1.807) is 6.26 Å². The van der Waals surface area contributed by atoms with Crippen molar-refractivity contribution < 1.29 is 9.21 Å². The highest BCUT2D eigenvalue weighted by Gasteiger charge is 2.17. The number of nitrogens with zero attached hydrogens (tertiary/aromatic N) is 2. The fourth-order valence-electron chi connectivity index (χ4n) is 2.88. The fraction of sp³-hybridized carbons (Fsp3) is 0.389. The average Bonchev–Trinajstić information content (AvgIpc) is 3.00. The van der Waals surface area contributed by atoms with Gasteiger partial charge in [-0.2, -0.15) is 0 Å². The van der Waals surface area contributed by atoms with Crippen LogP contribution in [0.5, 0.6) is 0 Å². The van der Waals surface area contributed by atoms with E-state index < -0.39 is 0 Å². The van der Waals surface area contributed by atoms with Gasteiger partial charge in [-0.1, -0.05) is 18.2 Å². The van der Waals surface area contributed by atoms with Crippen LogP contribution in [0.25, 0.3) is 0 Å². The Morgan fingerprint density at radius 2 is 1.91 bits per heavy atom. The summed E-state index contributed by atoms with van der Waals surface area (Å²) in [5.74, 6) is 0.832. The maximum atomic E-state index is 12.1. The minimum Gasteiger partial charge on any atom is -0.467 e. The molecular formula is C18H23N3O2. The third-order valence-electron chi connectivity index (χ3n) is 4.12. The van der Waals surface area contributed by atoms with Crippen molar-refractivity contribution in [3.63, 3.8) is 0 Å². The molecule has 0 spiro atoms. The molecule has 122 valence electrons. The van der Waals surface area contributed by atoms with Crippen LogP contribution < -0.4 is 10.2 Å². The molecule has 0 atom stereocenters. The predicted octanol–water partition coefficient (Wildman–Crippen LogP) is 2.11. The standard InChI is InChI=1S/C18H23N3O2/c22-18(19-14-17-8-4-13-23-17)15-20-9-5-10-21(12-11-20)16-6-2-1-3-7-16/h1-4,6-8,13H,5,9-12,14-15H2,(H,19,22). The SMILES string of the molecule is O=C(CN1CCCN(c2ccccc2)CC1)NCc1ccco1. The van der Waals surface area contributed by atoms with Crippen molar-refractivity contribution in [1.82, 2.24) is 10.2 Å². The number of hydrogen-bond acceptors (Lipinski definition) is 4. The van der Waals surface area contributed by atoms with Crippen molar-refractivity contribution >= 4 is 11.6 Å². The van der Waals surface area contributed by atoms with Crippen molar-refractivity contribution in [2.45, 2.75) is 13.0 Å². The minimum absolute atomic E-state index is 0.0505. The topological polar surface area (TPSA) is 48.7 Å². The Hall–Kier alpha value is -2.27. The number of para-hydroxylation sites is 1. The van der Waals surface area contributed by atoms with Gasteiger partial charge in [-0.25, -0.2) is 0 Å². The first kappa shape index (κ1) is 15.6. The van der Waals surface area contributed by atoms with Crippen LogP contribution in [0.4, 0.5) is 5.69 Å². The fourth-order valence-corrected chi connectivity index (χ4v) is 2.88. The molecule has 0 saturated carbocycles. The molecule has 0 aliphatic carbocycles. The molecule has 1 aliphatic heterocycles. The van der Waals surface area contributed by atoms with Crippen molar-refractivity contribution in [2.24, 2.45) is 0 Å². The highest BCUT2D eigenvalue weighted by molar-refractivity contribution is 5.77. The van der Waals surface area contributed by atoms with E-state index in [4.69, 9.17) is 4.42 Å². The average molecular weight is 313 g/mol. The molecule has 1 aromatic carbocycles. The molecule has 5 heteroatoms. The Bertz CT molecular complexity index is 598. The summed E-state index contributed by atoms with van der Waals surface area (Å²) in [6.07, 6.45) is 2.69. The second-order valence-electron chi connectivity index (χ2n) is 5.81. The van der Waals surface area contributed by atoms with Gasteiger partial charge in [0.25, 0.3) is 0 Å². The second-order valence-corrected chi connectivity index (χ2v) is 5.81. The molecule has 1 fully saturated rings. The molecule has 0 unspecified atom stereocenters. The van der Waals surface area contributed by atoms with E-state index in [2.05, 4.69) is 39.4 Å². The maximum absolute atomic E-state index is 12.1. The number of amides is 1. The smallest absolute Gasteiger partial charge is 0.234 e. The number of carbonyl (C=O) groups is 1. The first-order valence-electron chi connectivity index (χ1n) is 8.13. The molecule has 1 amide bonds. The van der Waals surface area contributed by atoms with E-state index in [0.717, 1.165) is 38.4 Å². The van der Waals surface area contributed by atoms with Crippen LogP contribution in [-0.4, -0.2) is 43.5 Å².